The number of carboxylic acid groups (broad SMARTS) is 1. The number of carbonyl (C=O) groups is 3. The molecular formula is C31H36N4O7. The van der Waals surface area contributed by atoms with Crippen molar-refractivity contribution in [1.82, 2.24) is 19.6 Å². The van der Waals surface area contributed by atoms with Crippen LogP contribution in [0.15, 0.2) is 54.7 Å². The summed E-state index contributed by atoms with van der Waals surface area (Å²) in [6.45, 7) is 5.66. The highest BCUT2D eigenvalue weighted by molar-refractivity contribution is 5.87. The van der Waals surface area contributed by atoms with Gasteiger partial charge in [0, 0.05) is 38.4 Å². The number of carboxylic acids is 1. The molecule has 0 unspecified atom stereocenters. The van der Waals surface area contributed by atoms with Crippen molar-refractivity contribution >= 4 is 18.2 Å². The molecular weight excluding hydrogens is 540 g/mol. The van der Waals surface area contributed by atoms with Crippen LogP contribution in [0, 0.1) is 0 Å². The Morgan fingerprint density at radius 1 is 1.02 bits per heavy atom. The number of nitrogens with zero attached hydrogens (tertiary/aromatic N) is 4. The van der Waals surface area contributed by atoms with E-state index in [9.17, 15) is 19.5 Å². The molecule has 2 heterocycles. The summed E-state index contributed by atoms with van der Waals surface area (Å²) >= 11 is 0. The third-order valence-corrected chi connectivity index (χ3v) is 7.61. The molecule has 42 heavy (non-hydrogen) atoms. The molecule has 0 bridgehead atoms. The lowest BCUT2D eigenvalue weighted by atomic mass is 9.98. The summed E-state index contributed by atoms with van der Waals surface area (Å²) in [5, 5.41) is 13.8. The predicted octanol–water partition coefficient (Wildman–Crippen LogP) is 4.50. The van der Waals surface area contributed by atoms with Crippen LogP contribution in [0.2, 0.25) is 0 Å². The van der Waals surface area contributed by atoms with Gasteiger partial charge in [-0.1, -0.05) is 48.5 Å². The van der Waals surface area contributed by atoms with Gasteiger partial charge in [0.2, 0.25) is 0 Å². The fourth-order valence-corrected chi connectivity index (χ4v) is 5.77. The van der Waals surface area contributed by atoms with Crippen molar-refractivity contribution in [3.8, 4) is 11.1 Å². The molecule has 1 aliphatic heterocycles. The number of carbonyl (C=O) groups excluding carboxylic acids is 2. The van der Waals surface area contributed by atoms with E-state index in [0.29, 0.717) is 5.56 Å². The highest BCUT2D eigenvalue weighted by Gasteiger charge is 2.43. The molecule has 2 aromatic carbocycles. The van der Waals surface area contributed by atoms with Crippen LogP contribution in [0.25, 0.3) is 11.1 Å². The van der Waals surface area contributed by atoms with Crippen LogP contribution < -0.4 is 0 Å². The minimum atomic E-state index is -1.21. The average molecular weight is 577 g/mol. The molecule has 2 atom stereocenters. The minimum Gasteiger partial charge on any atom is -0.476 e. The Labute approximate surface area is 244 Å². The van der Waals surface area contributed by atoms with Gasteiger partial charge in [-0.05, 0) is 43.0 Å². The van der Waals surface area contributed by atoms with Crippen LogP contribution in [-0.2, 0) is 27.8 Å². The summed E-state index contributed by atoms with van der Waals surface area (Å²) in [4.78, 5) is 41.7. The molecule has 0 spiro atoms. The second-order valence-corrected chi connectivity index (χ2v) is 11.6. The number of fused-ring (bicyclic) bond motifs is 3. The zero-order valence-electron chi connectivity index (χ0n) is 24.4. The van der Waals surface area contributed by atoms with Gasteiger partial charge in [-0.2, -0.15) is 5.10 Å². The van der Waals surface area contributed by atoms with Crippen LogP contribution in [0.4, 0.5) is 9.59 Å². The third kappa shape index (κ3) is 5.82. The highest BCUT2D eigenvalue weighted by Crippen LogP contribution is 2.44. The van der Waals surface area contributed by atoms with E-state index in [1.807, 2.05) is 36.4 Å². The van der Waals surface area contributed by atoms with Crippen LogP contribution in [0.1, 0.15) is 53.9 Å². The van der Waals surface area contributed by atoms with E-state index >= 15 is 0 Å². The Hall–Kier alpha value is -4.38. The van der Waals surface area contributed by atoms with Gasteiger partial charge in [-0.3, -0.25) is 9.58 Å². The van der Waals surface area contributed by atoms with Gasteiger partial charge in [-0.25, -0.2) is 14.4 Å². The standard InChI is InChI=1S/C31H36N4O7/c1-31(2,3)42-29(38)34-16-25(26(17-34)40-5)35(15-19-14-33(4)32-27(19)28(36)37)30(39)41-18-24-22-12-8-6-10-20(22)21-11-7-9-13-23(21)24/h6-14,24-26H,15-18H2,1-5H3,(H,36,37)/t25-,26-/m1/s1. The van der Waals surface area contributed by atoms with E-state index in [4.69, 9.17) is 14.2 Å². The molecule has 1 aromatic heterocycles. The van der Waals surface area contributed by atoms with Crippen molar-refractivity contribution in [3.05, 3.63) is 77.1 Å². The van der Waals surface area contributed by atoms with Crippen molar-refractivity contribution in [3.63, 3.8) is 0 Å². The van der Waals surface area contributed by atoms with Crippen molar-refractivity contribution in [2.75, 3.05) is 26.8 Å². The summed E-state index contributed by atoms with van der Waals surface area (Å²) in [6, 6.07) is 15.5. The second kappa shape index (κ2) is 11.5. The van der Waals surface area contributed by atoms with Gasteiger partial charge in [0.1, 0.15) is 12.2 Å². The quantitative estimate of drug-likeness (QED) is 0.436. The van der Waals surface area contributed by atoms with Crippen molar-refractivity contribution in [2.45, 2.75) is 51.0 Å². The molecule has 1 saturated heterocycles. The Morgan fingerprint density at radius 2 is 1.64 bits per heavy atom. The van der Waals surface area contributed by atoms with Gasteiger partial charge >= 0.3 is 18.2 Å². The number of hydrogen-bond acceptors (Lipinski definition) is 7. The Kier molecular flexibility index (Phi) is 7.96. The zero-order chi connectivity index (χ0) is 30.2. The molecule has 2 amide bonds. The topological polar surface area (TPSA) is 123 Å². The fraction of sp³-hybridized carbons (Fsp3) is 0.419. The van der Waals surface area contributed by atoms with Gasteiger partial charge in [0.05, 0.1) is 25.2 Å². The molecule has 5 rings (SSSR count). The molecule has 0 radical (unpaired) electrons. The molecule has 2 aliphatic rings. The number of amides is 2. The van der Waals surface area contributed by atoms with Gasteiger partial charge in [0.25, 0.3) is 0 Å². The normalized spacial score (nSPS) is 18.0. The maximum atomic E-state index is 13.9. The Bertz CT molecular complexity index is 1450. The highest BCUT2D eigenvalue weighted by atomic mass is 16.6. The molecule has 0 saturated carbocycles. The number of hydrogen-bond donors (Lipinski definition) is 1. The summed E-state index contributed by atoms with van der Waals surface area (Å²) in [5.74, 6) is -1.36. The lowest BCUT2D eigenvalue weighted by Crippen LogP contribution is -2.47. The van der Waals surface area contributed by atoms with Crippen LogP contribution in [-0.4, -0.2) is 87.4 Å². The van der Waals surface area contributed by atoms with E-state index in [-0.39, 0.29) is 37.9 Å². The Balaban J connectivity index is 1.42. The maximum Gasteiger partial charge on any atom is 0.410 e. The lowest BCUT2D eigenvalue weighted by molar-refractivity contribution is 0.0236. The van der Waals surface area contributed by atoms with E-state index in [0.717, 1.165) is 22.3 Å². The van der Waals surface area contributed by atoms with E-state index in [1.54, 1.807) is 34.0 Å². The van der Waals surface area contributed by atoms with Crippen molar-refractivity contribution in [2.24, 2.45) is 7.05 Å². The summed E-state index contributed by atoms with van der Waals surface area (Å²) in [7, 11) is 3.13. The zero-order valence-corrected chi connectivity index (χ0v) is 24.4. The first-order valence-corrected chi connectivity index (χ1v) is 13.8. The lowest BCUT2D eigenvalue weighted by Gasteiger charge is -2.31. The predicted molar refractivity (Wildman–Crippen MR) is 153 cm³/mol. The van der Waals surface area contributed by atoms with Crippen LogP contribution in [0.5, 0.6) is 0 Å². The molecule has 1 fully saturated rings. The number of benzene rings is 2. The van der Waals surface area contributed by atoms with E-state index < -0.39 is 35.9 Å². The average Bonchev–Trinajstić information content (AvgIpc) is 3.63. The van der Waals surface area contributed by atoms with E-state index in [2.05, 4.69) is 17.2 Å². The monoisotopic (exact) mass is 576 g/mol. The maximum absolute atomic E-state index is 13.9. The number of aryl methyl sites for hydroxylation is 1. The van der Waals surface area contributed by atoms with Gasteiger partial charge in [-0.15, -0.1) is 0 Å². The largest absolute Gasteiger partial charge is 0.476 e. The summed E-state index contributed by atoms with van der Waals surface area (Å²) in [6.07, 6.45) is -0.152. The van der Waals surface area contributed by atoms with Crippen molar-refractivity contribution < 1.29 is 33.7 Å². The molecule has 11 nitrogen and oxygen atoms in total. The molecule has 3 aromatic rings. The fourth-order valence-electron chi connectivity index (χ4n) is 5.77. The summed E-state index contributed by atoms with van der Waals surface area (Å²) < 4.78 is 18.7. The first-order valence-electron chi connectivity index (χ1n) is 13.8. The van der Waals surface area contributed by atoms with Gasteiger partial charge < -0.3 is 24.2 Å². The number of methoxy groups -OCH3 is 1. The molecule has 1 aliphatic carbocycles. The molecule has 222 valence electrons. The first-order chi connectivity index (χ1) is 20.0. The Morgan fingerprint density at radius 3 is 2.21 bits per heavy atom. The minimum absolute atomic E-state index is 0.0857. The van der Waals surface area contributed by atoms with Crippen molar-refractivity contribution in [1.29, 1.82) is 0 Å². The number of ether oxygens (including phenoxy) is 3. The summed E-state index contributed by atoms with van der Waals surface area (Å²) in [5.41, 5.74) is 3.84. The van der Waals surface area contributed by atoms with Crippen LogP contribution in [0.3, 0.4) is 0 Å². The number of likely N-dealkylation sites (tertiary alicyclic amines) is 1. The number of aromatic nitrogens is 2. The first kappa shape index (κ1) is 29.1. The number of rotatable bonds is 7. The smallest absolute Gasteiger partial charge is 0.410 e. The third-order valence-electron chi connectivity index (χ3n) is 7.61. The number of aromatic carboxylic acids is 1. The van der Waals surface area contributed by atoms with Crippen LogP contribution >= 0.6 is 0 Å². The van der Waals surface area contributed by atoms with Gasteiger partial charge in [0.15, 0.2) is 5.69 Å². The SMILES string of the molecule is CO[C@@H]1CN(C(=O)OC(C)(C)C)C[C@H]1N(Cc1cn(C)nc1C(=O)O)C(=O)OCC1c2ccccc2-c2ccccc21. The molecule has 11 heteroatoms. The second-order valence-electron chi connectivity index (χ2n) is 11.6. The van der Waals surface area contributed by atoms with E-state index in [1.165, 1.54) is 21.6 Å². The molecule has 1 N–H and O–H groups in total.